The van der Waals surface area contributed by atoms with Crippen LogP contribution < -0.4 is 4.90 Å². The van der Waals surface area contributed by atoms with Crippen molar-refractivity contribution in [2.45, 2.75) is 6.54 Å². The summed E-state index contributed by atoms with van der Waals surface area (Å²) in [4.78, 5) is 15.5. The van der Waals surface area contributed by atoms with Crippen LogP contribution in [0.15, 0.2) is 71.5 Å². The van der Waals surface area contributed by atoms with Gasteiger partial charge in [-0.3, -0.25) is 10.1 Å². The van der Waals surface area contributed by atoms with E-state index in [1.165, 1.54) is 18.5 Å². The van der Waals surface area contributed by atoms with Gasteiger partial charge < -0.3 is 9.88 Å². The second kappa shape index (κ2) is 7.16. The summed E-state index contributed by atoms with van der Waals surface area (Å²) in [6, 6.07) is 18.6. The Labute approximate surface area is 162 Å². The average molecular weight is 424 g/mol. The lowest BCUT2D eigenvalue weighted by atomic mass is 10.0. The van der Waals surface area contributed by atoms with Crippen LogP contribution in [0.1, 0.15) is 5.56 Å². The molecule has 0 aliphatic heterocycles. The molecule has 0 unspecified atom stereocenters. The molecule has 0 aliphatic carbocycles. The summed E-state index contributed by atoms with van der Waals surface area (Å²) in [6.45, 7) is 0.529. The van der Waals surface area contributed by atoms with Crippen LogP contribution in [0, 0.1) is 10.1 Å². The minimum atomic E-state index is -0.412. The summed E-state index contributed by atoms with van der Waals surface area (Å²) in [6.07, 6.45) is 1.51. The minimum absolute atomic E-state index is 0.0466. The fraction of sp³-hybridized carbons (Fsp3) is 0.0526. The highest BCUT2D eigenvalue weighted by Crippen LogP contribution is 2.31. The molecule has 4 rings (SSSR count). The molecular formula is C19H14BrN5O2. The van der Waals surface area contributed by atoms with Gasteiger partial charge in [0.15, 0.2) is 0 Å². The number of nitro groups is 1. The Kier molecular flexibility index (Phi) is 4.55. The summed E-state index contributed by atoms with van der Waals surface area (Å²) >= 11 is 3.60. The van der Waals surface area contributed by atoms with Crippen LogP contribution in [0.4, 0.5) is 17.3 Å². The van der Waals surface area contributed by atoms with Crippen molar-refractivity contribution in [2.75, 3.05) is 4.90 Å². The third kappa shape index (κ3) is 3.39. The fourth-order valence-corrected chi connectivity index (χ4v) is 3.48. The number of hydrogen-bond donors (Lipinski definition) is 1. The van der Waals surface area contributed by atoms with Gasteiger partial charge in [0.25, 0.3) is 5.69 Å². The molecule has 3 aromatic carbocycles. The zero-order valence-electron chi connectivity index (χ0n) is 14.0. The predicted molar refractivity (Wildman–Crippen MR) is 107 cm³/mol. The van der Waals surface area contributed by atoms with Crippen LogP contribution >= 0.6 is 15.9 Å². The molecule has 0 amide bonds. The van der Waals surface area contributed by atoms with Crippen molar-refractivity contribution < 1.29 is 4.92 Å². The molecule has 0 aliphatic rings. The lowest BCUT2D eigenvalue weighted by molar-refractivity contribution is -0.384. The molecule has 7 nitrogen and oxygen atoms in total. The molecule has 0 fully saturated rings. The van der Waals surface area contributed by atoms with Crippen LogP contribution in [0.3, 0.4) is 0 Å². The van der Waals surface area contributed by atoms with Crippen LogP contribution in [0.2, 0.25) is 0 Å². The maximum atomic E-state index is 10.9. The first-order valence-electron chi connectivity index (χ1n) is 8.17. The standard InChI is InChI=1S/C19H14BrN5O2/c20-18-10-5-13(16-3-1-2-4-17(16)18)11-24(19-21-12-22-23-19)14-6-8-15(9-7-14)25(26)27/h1-10,12H,11H2,(H,21,22,23). The van der Waals surface area contributed by atoms with Crippen molar-refractivity contribution in [1.82, 2.24) is 15.2 Å². The van der Waals surface area contributed by atoms with Crippen molar-refractivity contribution in [2.24, 2.45) is 0 Å². The number of aromatic nitrogens is 3. The number of hydrogen-bond acceptors (Lipinski definition) is 5. The van der Waals surface area contributed by atoms with Crippen molar-refractivity contribution in [3.63, 3.8) is 0 Å². The normalized spacial score (nSPS) is 10.9. The first-order valence-corrected chi connectivity index (χ1v) is 8.97. The SMILES string of the molecule is O=[N+]([O-])c1ccc(N(Cc2ccc(Br)c3ccccc23)c2nnc[nH]2)cc1. The third-order valence-electron chi connectivity index (χ3n) is 4.32. The van der Waals surface area contributed by atoms with Crippen LogP contribution in [-0.4, -0.2) is 20.1 Å². The smallest absolute Gasteiger partial charge is 0.269 e. The Morgan fingerprint density at radius 2 is 1.78 bits per heavy atom. The van der Waals surface area contributed by atoms with E-state index in [9.17, 15) is 10.1 Å². The maximum absolute atomic E-state index is 10.9. The number of aromatic amines is 1. The second-order valence-corrected chi connectivity index (χ2v) is 6.78. The Morgan fingerprint density at radius 3 is 2.44 bits per heavy atom. The Morgan fingerprint density at radius 1 is 1.04 bits per heavy atom. The van der Waals surface area contributed by atoms with Gasteiger partial charge >= 0.3 is 0 Å². The summed E-state index contributed by atoms with van der Waals surface area (Å²) < 4.78 is 1.03. The van der Waals surface area contributed by atoms with Crippen molar-refractivity contribution in [1.29, 1.82) is 0 Å². The lowest BCUT2D eigenvalue weighted by Gasteiger charge is -2.22. The highest BCUT2D eigenvalue weighted by molar-refractivity contribution is 9.10. The molecule has 0 saturated heterocycles. The third-order valence-corrected chi connectivity index (χ3v) is 5.01. The first-order chi connectivity index (χ1) is 13.1. The van der Waals surface area contributed by atoms with E-state index in [1.54, 1.807) is 12.1 Å². The summed E-state index contributed by atoms with van der Waals surface area (Å²) in [5.74, 6) is 0.566. The molecule has 0 bridgehead atoms. The molecule has 1 N–H and O–H groups in total. The molecular weight excluding hydrogens is 410 g/mol. The maximum Gasteiger partial charge on any atom is 0.269 e. The molecule has 134 valence electrons. The van der Waals surface area contributed by atoms with E-state index in [0.29, 0.717) is 12.5 Å². The number of halogens is 1. The largest absolute Gasteiger partial charge is 0.313 e. The fourth-order valence-electron chi connectivity index (χ4n) is 3.01. The van der Waals surface area contributed by atoms with E-state index in [2.05, 4.69) is 49.3 Å². The van der Waals surface area contributed by atoms with E-state index in [4.69, 9.17) is 0 Å². The van der Waals surface area contributed by atoms with Gasteiger partial charge in [-0.25, -0.2) is 0 Å². The Balaban J connectivity index is 1.77. The first kappa shape index (κ1) is 17.2. The Bertz CT molecular complexity index is 1100. The number of nitrogens with zero attached hydrogens (tertiary/aromatic N) is 4. The minimum Gasteiger partial charge on any atom is -0.313 e. The van der Waals surface area contributed by atoms with Gasteiger partial charge in [-0.2, -0.15) is 0 Å². The van der Waals surface area contributed by atoms with Gasteiger partial charge in [-0.05, 0) is 34.5 Å². The van der Waals surface area contributed by atoms with Gasteiger partial charge in [0, 0.05) is 22.3 Å². The average Bonchev–Trinajstić information content (AvgIpc) is 3.22. The molecule has 4 aromatic rings. The van der Waals surface area contributed by atoms with Gasteiger partial charge in [-0.1, -0.05) is 46.3 Å². The van der Waals surface area contributed by atoms with Crippen molar-refractivity contribution >= 4 is 44.0 Å². The van der Waals surface area contributed by atoms with Crippen molar-refractivity contribution in [3.05, 3.63) is 87.1 Å². The molecule has 0 atom stereocenters. The number of nitro benzene ring substituents is 1. The molecule has 0 saturated carbocycles. The zero-order chi connectivity index (χ0) is 18.8. The predicted octanol–water partition coefficient (Wildman–Crippen LogP) is 4.97. The van der Waals surface area contributed by atoms with Crippen LogP contribution in [0.25, 0.3) is 10.8 Å². The monoisotopic (exact) mass is 423 g/mol. The molecule has 1 aromatic heterocycles. The van der Waals surface area contributed by atoms with Gasteiger partial charge in [0.2, 0.25) is 5.95 Å². The quantitative estimate of drug-likeness (QED) is 0.361. The van der Waals surface area contributed by atoms with E-state index in [1.807, 2.05) is 23.1 Å². The van der Waals surface area contributed by atoms with Gasteiger partial charge in [0.1, 0.15) is 6.33 Å². The highest BCUT2D eigenvalue weighted by Gasteiger charge is 2.16. The number of benzene rings is 3. The molecule has 0 spiro atoms. The zero-order valence-corrected chi connectivity index (χ0v) is 15.6. The van der Waals surface area contributed by atoms with Gasteiger partial charge in [-0.15, -0.1) is 10.2 Å². The van der Waals surface area contributed by atoms with E-state index in [-0.39, 0.29) is 5.69 Å². The molecule has 0 radical (unpaired) electrons. The van der Waals surface area contributed by atoms with E-state index >= 15 is 0 Å². The molecule has 27 heavy (non-hydrogen) atoms. The van der Waals surface area contributed by atoms with Crippen LogP contribution in [0.5, 0.6) is 0 Å². The summed E-state index contributed by atoms with van der Waals surface area (Å²) in [7, 11) is 0. The molecule has 1 heterocycles. The second-order valence-electron chi connectivity index (χ2n) is 5.92. The Hall–Kier alpha value is -3.26. The topological polar surface area (TPSA) is 87.9 Å². The summed E-state index contributed by atoms with van der Waals surface area (Å²) in [5, 5.41) is 21.2. The number of anilines is 2. The van der Waals surface area contributed by atoms with Gasteiger partial charge in [0.05, 0.1) is 11.5 Å². The summed E-state index contributed by atoms with van der Waals surface area (Å²) in [5.41, 5.74) is 1.93. The number of non-ortho nitro benzene ring substituents is 1. The number of fused-ring (bicyclic) bond motifs is 1. The lowest BCUT2D eigenvalue weighted by Crippen LogP contribution is -2.18. The highest BCUT2D eigenvalue weighted by atomic mass is 79.9. The van der Waals surface area contributed by atoms with Crippen LogP contribution in [-0.2, 0) is 6.54 Å². The van der Waals surface area contributed by atoms with Crippen molar-refractivity contribution in [3.8, 4) is 0 Å². The van der Waals surface area contributed by atoms with E-state index in [0.717, 1.165) is 26.5 Å². The number of H-pyrrole nitrogens is 1. The molecule has 8 heteroatoms. The number of nitrogens with one attached hydrogen (secondary N) is 1. The number of rotatable bonds is 5. The van der Waals surface area contributed by atoms with E-state index < -0.39 is 4.92 Å².